The molecule has 1 unspecified atom stereocenters. The fourth-order valence-electron chi connectivity index (χ4n) is 3.08. The van der Waals surface area contributed by atoms with Crippen molar-refractivity contribution < 1.29 is 14.7 Å². The van der Waals surface area contributed by atoms with Gasteiger partial charge in [0.25, 0.3) is 0 Å². The summed E-state index contributed by atoms with van der Waals surface area (Å²) in [4.78, 5) is 25.7. The highest BCUT2D eigenvalue weighted by atomic mass is 16.4. The van der Waals surface area contributed by atoms with Crippen molar-refractivity contribution >= 4 is 12.0 Å². The van der Waals surface area contributed by atoms with Crippen molar-refractivity contribution in [3.8, 4) is 0 Å². The molecule has 1 saturated carbocycles. The van der Waals surface area contributed by atoms with Crippen LogP contribution in [0.4, 0.5) is 4.79 Å². The molecule has 0 aromatic rings. The maximum atomic E-state index is 12.3. The van der Waals surface area contributed by atoms with Gasteiger partial charge in [-0.15, -0.1) is 0 Å². The Balaban J connectivity index is 2.71. The molecule has 5 heteroatoms. The SMILES string of the molecule is CCCC(C)N(C)C(=O)NC1(C(=O)O)CCC(CC)CC1. The third-order valence-electron chi connectivity index (χ3n) is 4.98. The Morgan fingerprint density at radius 3 is 2.33 bits per heavy atom. The summed E-state index contributed by atoms with van der Waals surface area (Å²) in [6.07, 6.45) is 5.81. The molecule has 0 radical (unpaired) electrons. The number of hydrogen-bond acceptors (Lipinski definition) is 2. The number of urea groups is 1. The molecule has 0 spiro atoms. The molecule has 1 atom stereocenters. The summed E-state index contributed by atoms with van der Waals surface area (Å²) in [6.45, 7) is 6.20. The molecule has 0 heterocycles. The van der Waals surface area contributed by atoms with Crippen LogP contribution >= 0.6 is 0 Å². The Morgan fingerprint density at radius 1 is 1.33 bits per heavy atom. The van der Waals surface area contributed by atoms with Gasteiger partial charge in [-0.05, 0) is 44.9 Å². The van der Waals surface area contributed by atoms with Gasteiger partial charge in [-0.25, -0.2) is 9.59 Å². The van der Waals surface area contributed by atoms with Crippen LogP contribution in [-0.2, 0) is 4.79 Å². The maximum absolute atomic E-state index is 12.3. The lowest BCUT2D eigenvalue weighted by Crippen LogP contribution is -2.59. The number of carbonyl (C=O) groups is 2. The van der Waals surface area contributed by atoms with Crippen LogP contribution in [0.25, 0.3) is 0 Å². The largest absolute Gasteiger partial charge is 0.480 e. The molecule has 0 aromatic carbocycles. The fraction of sp³-hybridized carbons (Fsp3) is 0.875. The van der Waals surface area contributed by atoms with Crippen molar-refractivity contribution in [1.29, 1.82) is 0 Å². The van der Waals surface area contributed by atoms with Gasteiger partial charge in [0.1, 0.15) is 5.54 Å². The zero-order valence-corrected chi connectivity index (χ0v) is 13.8. The van der Waals surface area contributed by atoms with Crippen molar-refractivity contribution in [2.45, 2.75) is 77.3 Å². The first kappa shape index (κ1) is 17.8. The first-order chi connectivity index (χ1) is 9.86. The normalized spacial score (nSPS) is 27.0. The number of aliphatic carboxylic acids is 1. The van der Waals surface area contributed by atoms with E-state index in [0.29, 0.717) is 18.8 Å². The van der Waals surface area contributed by atoms with Crippen molar-refractivity contribution in [3.05, 3.63) is 0 Å². The molecule has 1 fully saturated rings. The molecular formula is C16H30N2O3. The van der Waals surface area contributed by atoms with Crippen molar-refractivity contribution in [1.82, 2.24) is 10.2 Å². The summed E-state index contributed by atoms with van der Waals surface area (Å²) < 4.78 is 0. The number of rotatable bonds is 6. The van der Waals surface area contributed by atoms with Crippen molar-refractivity contribution in [2.75, 3.05) is 7.05 Å². The van der Waals surface area contributed by atoms with Gasteiger partial charge in [0, 0.05) is 13.1 Å². The van der Waals surface area contributed by atoms with Gasteiger partial charge in [0.2, 0.25) is 0 Å². The van der Waals surface area contributed by atoms with Crippen LogP contribution < -0.4 is 5.32 Å². The van der Waals surface area contributed by atoms with Crippen molar-refractivity contribution in [3.63, 3.8) is 0 Å². The smallest absolute Gasteiger partial charge is 0.329 e. The van der Waals surface area contributed by atoms with Gasteiger partial charge >= 0.3 is 12.0 Å². The summed E-state index contributed by atoms with van der Waals surface area (Å²) in [7, 11) is 1.74. The Hall–Kier alpha value is -1.26. The molecule has 1 aliphatic rings. The molecule has 0 aromatic heterocycles. The number of carbonyl (C=O) groups excluding carboxylic acids is 1. The zero-order valence-electron chi connectivity index (χ0n) is 13.8. The van der Waals surface area contributed by atoms with Gasteiger partial charge in [-0.1, -0.05) is 26.7 Å². The molecule has 1 aliphatic carbocycles. The highest BCUT2D eigenvalue weighted by Gasteiger charge is 2.43. The molecule has 0 bridgehead atoms. The number of nitrogens with one attached hydrogen (secondary N) is 1. The van der Waals surface area contributed by atoms with Crippen LogP contribution in [0.15, 0.2) is 0 Å². The van der Waals surface area contributed by atoms with E-state index < -0.39 is 11.5 Å². The predicted octanol–water partition coefficient (Wildman–Crippen LogP) is 3.24. The Labute approximate surface area is 128 Å². The van der Waals surface area contributed by atoms with E-state index >= 15 is 0 Å². The van der Waals surface area contributed by atoms with E-state index in [2.05, 4.69) is 19.2 Å². The molecule has 122 valence electrons. The quantitative estimate of drug-likeness (QED) is 0.791. The van der Waals surface area contributed by atoms with Crippen LogP contribution in [0.3, 0.4) is 0 Å². The summed E-state index contributed by atoms with van der Waals surface area (Å²) in [5.74, 6) is -0.312. The summed E-state index contributed by atoms with van der Waals surface area (Å²) in [5.41, 5.74) is -1.08. The minimum Gasteiger partial charge on any atom is -0.480 e. The number of hydrogen-bond donors (Lipinski definition) is 2. The van der Waals surface area contributed by atoms with Crippen molar-refractivity contribution in [2.24, 2.45) is 5.92 Å². The van der Waals surface area contributed by atoms with E-state index in [4.69, 9.17) is 0 Å². The van der Waals surface area contributed by atoms with Crippen LogP contribution in [-0.4, -0.2) is 40.6 Å². The number of carboxylic acid groups (broad SMARTS) is 1. The summed E-state index contributed by atoms with van der Waals surface area (Å²) in [5, 5.41) is 12.4. The Kier molecular flexibility index (Phi) is 6.49. The number of amides is 2. The molecule has 21 heavy (non-hydrogen) atoms. The summed E-state index contributed by atoms with van der Waals surface area (Å²) in [6, 6.07) is -0.152. The average Bonchev–Trinajstić information content (AvgIpc) is 2.47. The van der Waals surface area contributed by atoms with Gasteiger partial charge in [0.05, 0.1) is 0 Å². The van der Waals surface area contributed by atoms with Gasteiger partial charge < -0.3 is 15.3 Å². The van der Waals surface area contributed by atoms with Crippen LogP contribution in [0.2, 0.25) is 0 Å². The standard InChI is InChI=1S/C16H30N2O3/c1-5-7-12(3)18(4)15(21)17-16(14(19)20)10-8-13(6-2)9-11-16/h12-13H,5-11H2,1-4H3,(H,17,21)(H,19,20). The fourth-order valence-corrected chi connectivity index (χ4v) is 3.08. The summed E-state index contributed by atoms with van der Waals surface area (Å²) >= 11 is 0. The maximum Gasteiger partial charge on any atom is 0.329 e. The molecule has 5 nitrogen and oxygen atoms in total. The Bertz CT molecular complexity index is 363. The molecule has 2 N–H and O–H groups in total. The highest BCUT2D eigenvalue weighted by molar-refractivity contribution is 5.86. The lowest BCUT2D eigenvalue weighted by Gasteiger charge is -2.39. The van der Waals surface area contributed by atoms with E-state index in [-0.39, 0.29) is 12.1 Å². The van der Waals surface area contributed by atoms with E-state index in [0.717, 1.165) is 32.1 Å². The molecular weight excluding hydrogens is 268 g/mol. The van der Waals surface area contributed by atoms with Gasteiger partial charge in [-0.2, -0.15) is 0 Å². The second-order valence-electron chi connectivity index (χ2n) is 6.42. The zero-order chi connectivity index (χ0) is 16.0. The lowest BCUT2D eigenvalue weighted by atomic mass is 9.75. The highest BCUT2D eigenvalue weighted by Crippen LogP contribution is 2.34. The van der Waals surface area contributed by atoms with E-state index in [9.17, 15) is 14.7 Å². The molecule has 1 rings (SSSR count). The van der Waals surface area contributed by atoms with E-state index in [1.165, 1.54) is 0 Å². The van der Waals surface area contributed by atoms with Crippen LogP contribution in [0.1, 0.15) is 65.7 Å². The third-order valence-corrected chi connectivity index (χ3v) is 4.98. The third kappa shape index (κ3) is 4.35. The van der Waals surface area contributed by atoms with Crippen LogP contribution in [0, 0.1) is 5.92 Å². The predicted molar refractivity (Wildman–Crippen MR) is 83.3 cm³/mol. The number of nitrogens with zero attached hydrogens (tertiary/aromatic N) is 1. The minimum absolute atomic E-state index is 0.118. The van der Waals surface area contributed by atoms with E-state index in [1.807, 2.05) is 6.92 Å². The molecule has 0 aliphatic heterocycles. The molecule has 0 saturated heterocycles. The van der Waals surface area contributed by atoms with E-state index in [1.54, 1.807) is 11.9 Å². The average molecular weight is 298 g/mol. The molecule has 2 amide bonds. The first-order valence-electron chi connectivity index (χ1n) is 8.14. The second kappa shape index (κ2) is 7.66. The first-order valence-corrected chi connectivity index (χ1v) is 8.14. The second-order valence-corrected chi connectivity index (χ2v) is 6.42. The lowest BCUT2D eigenvalue weighted by molar-refractivity contribution is -0.146. The number of carboxylic acids is 1. The topological polar surface area (TPSA) is 69.6 Å². The van der Waals surface area contributed by atoms with Crippen LogP contribution in [0.5, 0.6) is 0 Å². The van der Waals surface area contributed by atoms with Gasteiger partial charge in [-0.3, -0.25) is 0 Å². The van der Waals surface area contributed by atoms with Gasteiger partial charge in [0.15, 0.2) is 0 Å². The Morgan fingerprint density at radius 2 is 1.90 bits per heavy atom. The monoisotopic (exact) mass is 298 g/mol. The minimum atomic E-state index is -1.08.